The van der Waals surface area contributed by atoms with E-state index in [-0.39, 0.29) is 24.8 Å². The maximum atomic E-state index is 4.38. The largest absolute Gasteiger partial charge is 0.311 e. The highest BCUT2D eigenvalue weighted by molar-refractivity contribution is 5.85. The second-order valence-electron chi connectivity index (χ2n) is 5.46. The number of hydrogen-bond acceptors (Lipinski definition) is 3. The van der Waals surface area contributed by atoms with Gasteiger partial charge in [0.25, 0.3) is 0 Å². The molecule has 4 nitrogen and oxygen atoms in total. The average molecular weight is 339 g/mol. The maximum Gasteiger partial charge on any atom is 0.0522 e. The molecule has 0 saturated carbocycles. The van der Waals surface area contributed by atoms with Gasteiger partial charge in [-0.2, -0.15) is 5.10 Å². The fraction of sp³-hybridized carbons (Fsp3) is 0.800. The van der Waals surface area contributed by atoms with Crippen LogP contribution in [0.1, 0.15) is 39.8 Å². The van der Waals surface area contributed by atoms with Crippen LogP contribution in [0, 0.1) is 5.92 Å². The summed E-state index contributed by atoms with van der Waals surface area (Å²) in [7, 11) is 0. The van der Waals surface area contributed by atoms with Gasteiger partial charge in [-0.15, -0.1) is 24.8 Å². The summed E-state index contributed by atoms with van der Waals surface area (Å²) >= 11 is 0. The van der Waals surface area contributed by atoms with Crippen LogP contribution in [0.15, 0.2) is 12.3 Å². The molecule has 6 heteroatoms. The zero-order chi connectivity index (χ0) is 14.1. The van der Waals surface area contributed by atoms with E-state index in [1.807, 2.05) is 6.20 Å². The predicted octanol–water partition coefficient (Wildman–Crippen LogP) is 3.20. The minimum absolute atomic E-state index is 0. The van der Waals surface area contributed by atoms with Gasteiger partial charge in [0.1, 0.15) is 0 Å². The fourth-order valence-corrected chi connectivity index (χ4v) is 2.20. The van der Waals surface area contributed by atoms with Crippen molar-refractivity contribution in [1.29, 1.82) is 0 Å². The van der Waals surface area contributed by atoms with E-state index in [1.165, 1.54) is 18.7 Å². The number of hydrogen-bond donors (Lipinski definition) is 1. The summed E-state index contributed by atoms with van der Waals surface area (Å²) in [6.07, 6.45) is 3.11. The molecule has 0 aliphatic rings. The Balaban J connectivity index is 0. The first-order valence-corrected chi connectivity index (χ1v) is 7.61. The highest BCUT2D eigenvalue weighted by atomic mass is 35.5. The van der Waals surface area contributed by atoms with Gasteiger partial charge in [0, 0.05) is 19.3 Å². The molecular formula is C15H32Cl2N4. The normalized spacial score (nSPS) is 10.6. The molecule has 1 N–H and O–H groups in total. The third-order valence-corrected chi connectivity index (χ3v) is 3.37. The summed E-state index contributed by atoms with van der Waals surface area (Å²) < 4.78 is 2.11. The van der Waals surface area contributed by atoms with Crippen LogP contribution in [-0.4, -0.2) is 40.9 Å². The Morgan fingerprint density at radius 1 is 1.24 bits per heavy atom. The van der Waals surface area contributed by atoms with E-state index in [0.29, 0.717) is 5.92 Å². The lowest BCUT2D eigenvalue weighted by Gasteiger charge is -2.17. The quantitative estimate of drug-likeness (QED) is 0.665. The molecule has 0 saturated heterocycles. The van der Waals surface area contributed by atoms with Crippen molar-refractivity contribution < 1.29 is 0 Å². The van der Waals surface area contributed by atoms with E-state index < -0.39 is 0 Å². The SMILES string of the molecule is CCN(CC)CCCNCc1ccnn1CC(C)C.Cl.Cl. The van der Waals surface area contributed by atoms with E-state index >= 15 is 0 Å². The molecule has 0 spiro atoms. The Bertz CT molecular complexity index is 338. The second-order valence-corrected chi connectivity index (χ2v) is 5.46. The molecule has 0 aliphatic carbocycles. The fourth-order valence-electron chi connectivity index (χ4n) is 2.20. The second kappa shape index (κ2) is 13.4. The summed E-state index contributed by atoms with van der Waals surface area (Å²) in [6.45, 7) is 15.4. The minimum atomic E-state index is 0. The van der Waals surface area contributed by atoms with E-state index in [9.17, 15) is 0 Å². The van der Waals surface area contributed by atoms with Gasteiger partial charge in [-0.3, -0.25) is 4.68 Å². The lowest BCUT2D eigenvalue weighted by atomic mass is 10.2. The standard InChI is InChI=1S/C15H30N4.2ClH/c1-5-18(6-2)11-7-9-16-12-15-8-10-17-19(15)13-14(3)4;;/h8,10,14,16H,5-7,9,11-13H2,1-4H3;2*1H. The molecule has 1 heterocycles. The Morgan fingerprint density at radius 3 is 2.48 bits per heavy atom. The van der Waals surface area contributed by atoms with Gasteiger partial charge in [-0.1, -0.05) is 27.7 Å². The Morgan fingerprint density at radius 2 is 1.90 bits per heavy atom. The molecule has 0 amide bonds. The van der Waals surface area contributed by atoms with E-state index in [0.717, 1.165) is 32.7 Å². The van der Waals surface area contributed by atoms with E-state index in [1.54, 1.807) is 0 Å². The van der Waals surface area contributed by atoms with Crippen LogP contribution in [0.25, 0.3) is 0 Å². The van der Waals surface area contributed by atoms with Crippen molar-refractivity contribution in [3.8, 4) is 0 Å². The summed E-state index contributed by atoms with van der Waals surface area (Å²) in [4.78, 5) is 2.46. The number of halogens is 2. The Labute approximate surface area is 142 Å². The molecule has 21 heavy (non-hydrogen) atoms. The van der Waals surface area contributed by atoms with Gasteiger partial charge in [0.05, 0.1) is 5.69 Å². The molecule has 0 aromatic carbocycles. The van der Waals surface area contributed by atoms with Crippen molar-refractivity contribution in [2.75, 3.05) is 26.2 Å². The van der Waals surface area contributed by atoms with Crippen molar-refractivity contribution in [2.45, 2.75) is 47.2 Å². The molecule has 126 valence electrons. The molecule has 0 unspecified atom stereocenters. The van der Waals surface area contributed by atoms with Crippen LogP contribution in [0.3, 0.4) is 0 Å². The van der Waals surface area contributed by atoms with Gasteiger partial charge >= 0.3 is 0 Å². The number of aromatic nitrogens is 2. The van der Waals surface area contributed by atoms with Crippen molar-refractivity contribution in [1.82, 2.24) is 20.0 Å². The molecule has 0 atom stereocenters. The summed E-state index contributed by atoms with van der Waals surface area (Å²) in [5.41, 5.74) is 1.29. The molecule has 1 rings (SSSR count). The van der Waals surface area contributed by atoms with Gasteiger partial charge < -0.3 is 10.2 Å². The Hall–Kier alpha value is -0.290. The highest BCUT2D eigenvalue weighted by Gasteiger charge is 2.04. The number of nitrogens with one attached hydrogen (secondary N) is 1. The maximum absolute atomic E-state index is 4.38. The first kappa shape index (κ1) is 23.0. The van der Waals surface area contributed by atoms with Crippen LogP contribution < -0.4 is 5.32 Å². The van der Waals surface area contributed by atoms with Crippen molar-refractivity contribution in [2.24, 2.45) is 5.92 Å². The predicted molar refractivity (Wildman–Crippen MR) is 95.7 cm³/mol. The first-order chi connectivity index (χ1) is 9.17. The van der Waals surface area contributed by atoms with Crippen LogP contribution in [0.4, 0.5) is 0 Å². The lowest BCUT2D eigenvalue weighted by Crippen LogP contribution is -2.27. The molecule has 1 aromatic rings. The average Bonchev–Trinajstić information content (AvgIpc) is 2.80. The third-order valence-electron chi connectivity index (χ3n) is 3.37. The van der Waals surface area contributed by atoms with E-state index in [2.05, 4.69) is 53.8 Å². The number of rotatable bonds is 10. The molecule has 0 bridgehead atoms. The zero-order valence-corrected chi connectivity index (χ0v) is 15.5. The summed E-state index contributed by atoms with van der Waals surface area (Å²) in [6, 6.07) is 2.11. The molecular weight excluding hydrogens is 307 g/mol. The van der Waals surface area contributed by atoms with Gasteiger partial charge in [-0.05, 0) is 44.6 Å². The highest BCUT2D eigenvalue weighted by Crippen LogP contribution is 2.03. The van der Waals surface area contributed by atoms with E-state index in [4.69, 9.17) is 0 Å². The van der Waals surface area contributed by atoms with Crippen LogP contribution in [0.5, 0.6) is 0 Å². The topological polar surface area (TPSA) is 33.1 Å². The van der Waals surface area contributed by atoms with Crippen molar-refractivity contribution in [3.05, 3.63) is 18.0 Å². The molecule has 1 aromatic heterocycles. The summed E-state index contributed by atoms with van der Waals surface area (Å²) in [5, 5.41) is 7.90. The monoisotopic (exact) mass is 338 g/mol. The summed E-state index contributed by atoms with van der Waals surface area (Å²) in [5.74, 6) is 0.640. The molecule has 0 fully saturated rings. The van der Waals surface area contributed by atoms with Gasteiger partial charge in [0.15, 0.2) is 0 Å². The van der Waals surface area contributed by atoms with Crippen molar-refractivity contribution >= 4 is 24.8 Å². The van der Waals surface area contributed by atoms with Crippen LogP contribution in [0.2, 0.25) is 0 Å². The molecule has 0 aliphatic heterocycles. The van der Waals surface area contributed by atoms with Crippen molar-refractivity contribution in [3.63, 3.8) is 0 Å². The number of nitrogens with zero attached hydrogens (tertiary/aromatic N) is 3. The van der Waals surface area contributed by atoms with Crippen LogP contribution >= 0.6 is 24.8 Å². The van der Waals surface area contributed by atoms with Crippen LogP contribution in [-0.2, 0) is 13.1 Å². The first-order valence-electron chi connectivity index (χ1n) is 7.61. The van der Waals surface area contributed by atoms with Gasteiger partial charge in [-0.25, -0.2) is 0 Å². The smallest absolute Gasteiger partial charge is 0.0522 e. The lowest BCUT2D eigenvalue weighted by molar-refractivity contribution is 0.297. The Kier molecular flexibility index (Phi) is 14.6. The third kappa shape index (κ3) is 9.35. The molecule has 0 radical (unpaired) electrons. The van der Waals surface area contributed by atoms with Gasteiger partial charge in [0.2, 0.25) is 0 Å². The minimum Gasteiger partial charge on any atom is -0.311 e. The zero-order valence-electron chi connectivity index (χ0n) is 13.8.